The lowest BCUT2D eigenvalue weighted by molar-refractivity contribution is 1.12. The summed E-state index contributed by atoms with van der Waals surface area (Å²) in [6.07, 6.45) is 0. The number of hydrogen-bond acceptors (Lipinski definition) is 2. The summed E-state index contributed by atoms with van der Waals surface area (Å²) in [5, 5.41) is 27.8. The molecular weight excluding hydrogens is 599 g/mol. The molecule has 226 valence electrons. The lowest BCUT2D eigenvalue weighted by atomic mass is 10.0. The zero-order valence-electron chi connectivity index (χ0n) is 26.2. The second kappa shape index (κ2) is 10.2. The van der Waals surface area contributed by atoms with Crippen LogP contribution in [0.4, 0.5) is 0 Å². The summed E-state index contributed by atoms with van der Waals surface area (Å²) in [7, 11) is 0. The lowest BCUT2D eigenvalue weighted by Crippen LogP contribution is -2.04. The van der Waals surface area contributed by atoms with Crippen LogP contribution in [0, 0.1) is 22.7 Å². The summed E-state index contributed by atoms with van der Waals surface area (Å²) >= 11 is 0. The zero-order valence-corrected chi connectivity index (χ0v) is 26.2. The van der Waals surface area contributed by atoms with Crippen molar-refractivity contribution in [3.05, 3.63) is 163 Å². The van der Waals surface area contributed by atoms with Crippen LogP contribution in [0.25, 0.3) is 82.5 Å². The van der Waals surface area contributed by atoms with E-state index in [-0.39, 0.29) is 0 Å². The van der Waals surface area contributed by atoms with Crippen molar-refractivity contribution in [2.75, 3.05) is 0 Å². The normalized spacial score (nSPS) is 11.6. The molecule has 5 heteroatoms. The molecule has 0 aliphatic rings. The van der Waals surface area contributed by atoms with Crippen LogP contribution in [0.5, 0.6) is 0 Å². The molecule has 0 saturated heterocycles. The first kappa shape index (κ1) is 27.1. The molecule has 0 spiro atoms. The molecule has 0 amide bonds. The quantitative estimate of drug-likeness (QED) is 0.197. The van der Waals surface area contributed by atoms with E-state index in [0.717, 1.165) is 71.4 Å². The molecule has 0 saturated carbocycles. The van der Waals surface area contributed by atoms with Crippen molar-refractivity contribution in [2.45, 2.75) is 0 Å². The van der Waals surface area contributed by atoms with Crippen LogP contribution in [0.3, 0.4) is 0 Å². The highest BCUT2D eigenvalue weighted by atomic mass is 15.0. The van der Waals surface area contributed by atoms with Crippen LogP contribution in [0.15, 0.2) is 152 Å². The average molecular weight is 624 g/mol. The highest BCUT2D eigenvalue weighted by molar-refractivity contribution is 6.19. The molecule has 0 aliphatic heterocycles. The minimum Gasteiger partial charge on any atom is -0.309 e. The van der Waals surface area contributed by atoms with Crippen molar-refractivity contribution in [3.63, 3.8) is 0 Å². The third-order valence-corrected chi connectivity index (χ3v) is 9.89. The van der Waals surface area contributed by atoms with Gasteiger partial charge in [0.1, 0.15) is 12.1 Å². The van der Waals surface area contributed by atoms with Gasteiger partial charge in [-0.25, -0.2) is 0 Å². The first-order valence-corrected chi connectivity index (χ1v) is 16.2. The molecule has 5 nitrogen and oxygen atoms in total. The van der Waals surface area contributed by atoms with Crippen molar-refractivity contribution < 1.29 is 0 Å². The second-order valence-corrected chi connectivity index (χ2v) is 12.4. The summed E-state index contributed by atoms with van der Waals surface area (Å²) < 4.78 is 6.72. The molecule has 0 atom stereocenters. The van der Waals surface area contributed by atoms with Gasteiger partial charge >= 0.3 is 0 Å². The minimum atomic E-state index is 0.338. The first-order chi connectivity index (χ1) is 24.2. The maximum absolute atomic E-state index is 10.5. The van der Waals surface area contributed by atoms with Gasteiger partial charge in [0.25, 0.3) is 0 Å². The molecule has 0 fully saturated rings. The molecule has 0 aliphatic carbocycles. The number of fused-ring (bicyclic) bond motifs is 9. The second-order valence-electron chi connectivity index (χ2n) is 12.4. The first-order valence-electron chi connectivity index (χ1n) is 16.2. The largest absolute Gasteiger partial charge is 0.309 e. The summed E-state index contributed by atoms with van der Waals surface area (Å²) in [6, 6.07) is 57.2. The van der Waals surface area contributed by atoms with Crippen molar-refractivity contribution in [3.8, 4) is 29.2 Å². The van der Waals surface area contributed by atoms with E-state index in [1.165, 1.54) is 5.39 Å². The zero-order chi connectivity index (χ0) is 32.6. The molecule has 7 aromatic carbocycles. The van der Waals surface area contributed by atoms with Gasteiger partial charge < -0.3 is 13.7 Å². The van der Waals surface area contributed by atoms with Gasteiger partial charge in [0.15, 0.2) is 0 Å². The third kappa shape index (κ3) is 3.73. The Kier molecular flexibility index (Phi) is 5.64. The molecular formula is C44H25N5. The molecule has 0 unspecified atom stereocenters. The molecule has 3 heterocycles. The van der Waals surface area contributed by atoms with Gasteiger partial charge in [-0.1, -0.05) is 91.0 Å². The van der Waals surface area contributed by atoms with Crippen LogP contribution in [0.2, 0.25) is 0 Å². The molecule has 49 heavy (non-hydrogen) atoms. The number of aromatic nitrogens is 3. The Morgan fingerprint density at radius 1 is 0.347 bits per heavy atom. The lowest BCUT2D eigenvalue weighted by Gasteiger charge is -2.15. The molecule has 10 rings (SSSR count). The Morgan fingerprint density at radius 3 is 1.27 bits per heavy atom. The number of benzene rings is 7. The van der Waals surface area contributed by atoms with Gasteiger partial charge in [-0.3, -0.25) is 0 Å². The van der Waals surface area contributed by atoms with E-state index in [0.29, 0.717) is 16.8 Å². The van der Waals surface area contributed by atoms with E-state index in [1.54, 1.807) is 0 Å². The summed E-state index contributed by atoms with van der Waals surface area (Å²) in [4.78, 5) is 0. The third-order valence-electron chi connectivity index (χ3n) is 9.89. The predicted octanol–water partition coefficient (Wildman–Crippen LogP) is 10.7. The number of nitriles is 2. The molecule has 0 radical (unpaired) electrons. The number of nitrogens with zero attached hydrogens (tertiary/aromatic N) is 5. The van der Waals surface area contributed by atoms with Crippen molar-refractivity contribution >= 4 is 65.4 Å². The Labute approximate surface area is 280 Å². The smallest absolute Gasteiger partial charge is 0.103 e. The fourth-order valence-corrected chi connectivity index (χ4v) is 7.87. The summed E-state index contributed by atoms with van der Waals surface area (Å²) in [5.74, 6) is 0. The van der Waals surface area contributed by atoms with E-state index in [9.17, 15) is 10.5 Å². The van der Waals surface area contributed by atoms with Gasteiger partial charge in [-0.05, 0) is 60.7 Å². The molecule has 0 N–H and O–H groups in total. The Morgan fingerprint density at radius 2 is 0.776 bits per heavy atom. The Hall–Kier alpha value is -7.08. The van der Waals surface area contributed by atoms with Gasteiger partial charge in [0.2, 0.25) is 0 Å². The van der Waals surface area contributed by atoms with E-state index in [2.05, 4.69) is 141 Å². The van der Waals surface area contributed by atoms with Gasteiger partial charge in [-0.15, -0.1) is 0 Å². The fraction of sp³-hybridized carbons (Fsp3) is 0. The van der Waals surface area contributed by atoms with Crippen LogP contribution in [0.1, 0.15) is 11.1 Å². The van der Waals surface area contributed by atoms with E-state index < -0.39 is 0 Å². The van der Waals surface area contributed by atoms with E-state index >= 15 is 0 Å². The fourth-order valence-electron chi connectivity index (χ4n) is 7.87. The van der Waals surface area contributed by atoms with E-state index in [4.69, 9.17) is 0 Å². The van der Waals surface area contributed by atoms with Crippen LogP contribution < -0.4 is 0 Å². The minimum absolute atomic E-state index is 0.338. The number of hydrogen-bond donors (Lipinski definition) is 0. The maximum Gasteiger partial charge on any atom is 0.103 e. The molecule has 0 bridgehead atoms. The Bertz CT molecular complexity index is 3020. The van der Waals surface area contributed by atoms with Crippen molar-refractivity contribution in [1.29, 1.82) is 10.5 Å². The van der Waals surface area contributed by atoms with Gasteiger partial charge in [0, 0.05) is 43.7 Å². The van der Waals surface area contributed by atoms with Crippen LogP contribution >= 0.6 is 0 Å². The van der Waals surface area contributed by atoms with Crippen molar-refractivity contribution in [2.24, 2.45) is 0 Å². The predicted molar refractivity (Wildman–Crippen MR) is 199 cm³/mol. The molecule has 10 aromatic rings. The maximum atomic E-state index is 10.5. The van der Waals surface area contributed by atoms with Crippen LogP contribution in [-0.2, 0) is 0 Å². The highest BCUT2D eigenvalue weighted by Gasteiger charge is 2.22. The standard InChI is InChI=1S/C44H25N5/c45-26-28-22-30(23-42(37(28)27-46)49-40-20-10-4-14-31(40)32-15-5-11-21-41(32)49)48-39-19-9-7-17-34(39)36-24-43-35(25-44(36)48)33-16-6-8-18-38(33)47(43)29-12-2-1-3-13-29/h1-25H. The highest BCUT2D eigenvalue weighted by Crippen LogP contribution is 2.41. The van der Waals surface area contributed by atoms with Crippen molar-refractivity contribution in [1.82, 2.24) is 13.7 Å². The van der Waals surface area contributed by atoms with Gasteiger partial charge in [0.05, 0.1) is 49.9 Å². The number of para-hydroxylation sites is 5. The summed E-state index contributed by atoms with van der Waals surface area (Å²) in [6.45, 7) is 0. The van der Waals surface area contributed by atoms with E-state index in [1.807, 2.05) is 36.4 Å². The number of rotatable bonds is 3. The van der Waals surface area contributed by atoms with Gasteiger partial charge in [-0.2, -0.15) is 10.5 Å². The average Bonchev–Trinajstić information content (AvgIpc) is 3.79. The Balaban J connectivity index is 1.34. The summed E-state index contributed by atoms with van der Waals surface area (Å²) in [5.41, 5.74) is 9.62. The SMILES string of the molecule is N#Cc1cc(-n2c3ccccc3c3cc4c(cc32)c2ccccc2n4-c2ccccc2)cc(-n2c3ccccc3c3ccccc32)c1C#N. The topological polar surface area (TPSA) is 62.4 Å². The van der Waals surface area contributed by atoms with Crippen LogP contribution in [-0.4, -0.2) is 13.7 Å². The monoisotopic (exact) mass is 623 g/mol. The molecule has 3 aromatic heterocycles.